The molecule has 1 saturated heterocycles. The topological polar surface area (TPSA) is 79.7 Å². The van der Waals surface area contributed by atoms with Crippen molar-refractivity contribution in [2.45, 2.75) is 39.7 Å². The Labute approximate surface area is 134 Å². The lowest BCUT2D eigenvalue weighted by atomic mass is 10.1. The lowest BCUT2D eigenvalue weighted by molar-refractivity contribution is -0.141. The summed E-state index contributed by atoms with van der Waals surface area (Å²) in [6.45, 7) is 7.29. The first-order valence-corrected chi connectivity index (χ1v) is 8.27. The fourth-order valence-corrected chi connectivity index (χ4v) is 3.44. The summed E-state index contributed by atoms with van der Waals surface area (Å²) in [5.41, 5.74) is 0.851. The van der Waals surface area contributed by atoms with Crippen molar-refractivity contribution in [3.05, 3.63) is 15.6 Å². The van der Waals surface area contributed by atoms with Gasteiger partial charge < -0.3 is 14.7 Å². The fourth-order valence-electron chi connectivity index (χ4n) is 2.53. The third-order valence-corrected chi connectivity index (χ3v) is 4.43. The lowest BCUT2D eigenvalue weighted by Gasteiger charge is -2.32. The van der Waals surface area contributed by atoms with Crippen molar-refractivity contribution >= 4 is 23.2 Å². The molecule has 1 amide bonds. The fraction of sp³-hybridized carbons (Fsp3) is 0.667. The van der Waals surface area contributed by atoms with Gasteiger partial charge in [0.05, 0.1) is 29.8 Å². The van der Waals surface area contributed by atoms with E-state index in [1.807, 2.05) is 6.92 Å². The van der Waals surface area contributed by atoms with Gasteiger partial charge in [0.25, 0.3) is 5.91 Å². The molecule has 0 aliphatic carbocycles. The zero-order valence-corrected chi connectivity index (χ0v) is 14.0. The van der Waals surface area contributed by atoms with Crippen molar-refractivity contribution in [3.63, 3.8) is 0 Å². The average Bonchev–Trinajstić information content (AvgIpc) is 2.77. The largest absolute Gasteiger partial charge is 0.481 e. The second-order valence-corrected chi connectivity index (χ2v) is 7.15. The number of thiazole rings is 1. The Morgan fingerprint density at radius 2 is 2.23 bits per heavy atom. The number of aromatic nitrogens is 1. The van der Waals surface area contributed by atoms with Gasteiger partial charge >= 0.3 is 5.97 Å². The number of hydrogen-bond acceptors (Lipinski definition) is 5. The number of carbonyl (C=O) groups is 2. The van der Waals surface area contributed by atoms with Crippen LogP contribution in [0.15, 0.2) is 0 Å². The summed E-state index contributed by atoms with van der Waals surface area (Å²) in [5, 5.41) is 9.75. The predicted octanol–water partition coefficient (Wildman–Crippen LogP) is 1.97. The van der Waals surface area contributed by atoms with Crippen molar-refractivity contribution in [1.29, 1.82) is 0 Å². The van der Waals surface area contributed by atoms with Crippen LogP contribution >= 0.6 is 11.3 Å². The van der Waals surface area contributed by atoms with Gasteiger partial charge in [-0.3, -0.25) is 9.59 Å². The van der Waals surface area contributed by atoms with E-state index in [2.05, 4.69) is 18.8 Å². The minimum Gasteiger partial charge on any atom is -0.481 e. The Balaban J connectivity index is 2.12. The number of morpholine rings is 1. The minimum atomic E-state index is -0.909. The summed E-state index contributed by atoms with van der Waals surface area (Å²) in [6, 6.07) is 0. The van der Waals surface area contributed by atoms with Gasteiger partial charge in [-0.2, -0.15) is 0 Å². The molecule has 6 nitrogen and oxygen atoms in total. The van der Waals surface area contributed by atoms with E-state index >= 15 is 0 Å². The van der Waals surface area contributed by atoms with Gasteiger partial charge in [0.1, 0.15) is 4.88 Å². The number of carboxylic acid groups (broad SMARTS) is 1. The minimum absolute atomic E-state index is 0.0556. The number of hydrogen-bond donors (Lipinski definition) is 1. The van der Waals surface area contributed by atoms with Gasteiger partial charge in [-0.15, -0.1) is 11.3 Å². The van der Waals surface area contributed by atoms with Crippen LogP contribution in [0.3, 0.4) is 0 Å². The number of carbonyl (C=O) groups excluding carboxylic acids is 1. The monoisotopic (exact) mass is 326 g/mol. The van der Waals surface area contributed by atoms with Crippen LogP contribution in [0.5, 0.6) is 0 Å². The highest BCUT2D eigenvalue weighted by atomic mass is 32.1. The van der Waals surface area contributed by atoms with E-state index in [4.69, 9.17) is 9.84 Å². The van der Waals surface area contributed by atoms with Gasteiger partial charge in [0, 0.05) is 13.1 Å². The molecule has 22 heavy (non-hydrogen) atoms. The molecule has 1 aliphatic heterocycles. The van der Waals surface area contributed by atoms with E-state index in [0.29, 0.717) is 30.5 Å². The highest BCUT2D eigenvalue weighted by molar-refractivity contribution is 7.13. The molecule has 122 valence electrons. The molecule has 1 fully saturated rings. The normalized spacial score (nSPS) is 18.7. The number of aryl methyl sites for hydroxylation is 1. The zero-order valence-electron chi connectivity index (χ0n) is 13.2. The van der Waals surface area contributed by atoms with Gasteiger partial charge in [-0.1, -0.05) is 13.8 Å². The molecular weight excluding hydrogens is 304 g/mol. The van der Waals surface area contributed by atoms with E-state index in [1.165, 1.54) is 11.3 Å². The Hall–Kier alpha value is -1.47. The molecule has 0 radical (unpaired) electrons. The van der Waals surface area contributed by atoms with Crippen LogP contribution in [0.2, 0.25) is 0 Å². The van der Waals surface area contributed by atoms with E-state index in [1.54, 1.807) is 4.90 Å². The number of carboxylic acids is 1. The highest BCUT2D eigenvalue weighted by Gasteiger charge is 2.29. The average molecular weight is 326 g/mol. The maximum atomic E-state index is 12.7. The molecule has 1 atom stereocenters. The van der Waals surface area contributed by atoms with Crippen LogP contribution in [0, 0.1) is 12.8 Å². The number of aliphatic carboxylic acids is 1. The maximum Gasteiger partial charge on any atom is 0.306 e. The molecule has 1 unspecified atom stereocenters. The molecule has 0 bridgehead atoms. The summed E-state index contributed by atoms with van der Waals surface area (Å²) >= 11 is 1.41. The van der Waals surface area contributed by atoms with Crippen molar-refractivity contribution < 1.29 is 19.4 Å². The summed E-state index contributed by atoms with van der Waals surface area (Å²) in [7, 11) is 0. The number of nitrogens with zero attached hydrogens (tertiary/aromatic N) is 2. The Bertz CT molecular complexity index is 556. The summed E-state index contributed by atoms with van der Waals surface area (Å²) < 4.78 is 5.42. The second-order valence-electron chi connectivity index (χ2n) is 5.95. The molecule has 0 saturated carbocycles. The molecular formula is C15H22N2O4S. The Kier molecular flexibility index (Phi) is 5.52. The van der Waals surface area contributed by atoms with Crippen LogP contribution in [0.4, 0.5) is 0 Å². The molecule has 2 rings (SSSR count). The molecule has 1 N–H and O–H groups in total. The van der Waals surface area contributed by atoms with Crippen LogP contribution in [-0.2, 0) is 16.0 Å². The van der Waals surface area contributed by atoms with Crippen LogP contribution in [0.25, 0.3) is 0 Å². The van der Waals surface area contributed by atoms with E-state index in [0.717, 1.165) is 17.1 Å². The quantitative estimate of drug-likeness (QED) is 0.895. The van der Waals surface area contributed by atoms with Crippen LogP contribution in [-0.4, -0.2) is 52.7 Å². The van der Waals surface area contributed by atoms with E-state index in [-0.39, 0.29) is 12.3 Å². The number of amides is 1. The van der Waals surface area contributed by atoms with Gasteiger partial charge in [-0.25, -0.2) is 4.98 Å². The third-order valence-electron chi connectivity index (χ3n) is 3.43. The molecule has 1 aromatic heterocycles. The highest BCUT2D eigenvalue weighted by Crippen LogP contribution is 2.24. The van der Waals surface area contributed by atoms with Gasteiger partial charge in [0.2, 0.25) is 0 Å². The van der Waals surface area contributed by atoms with Gasteiger partial charge in [0.15, 0.2) is 0 Å². The predicted molar refractivity (Wildman–Crippen MR) is 83.3 cm³/mol. The first-order valence-electron chi connectivity index (χ1n) is 7.45. The van der Waals surface area contributed by atoms with Crippen LogP contribution < -0.4 is 0 Å². The smallest absolute Gasteiger partial charge is 0.306 e. The van der Waals surface area contributed by atoms with Crippen molar-refractivity contribution in [3.8, 4) is 0 Å². The van der Waals surface area contributed by atoms with E-state index < -0.39 is 12.1 Å². The molecule has 0 aromatic carbocycles. The number of ether oxygens (including phenoxy) is 1. The Morgan fingerprint density at radius 1 is 1.50 bits per heavy atom. The van der Waals surface area contributed by atoms with Crippen molar-refractivity contribution in [2.24, 2.45) is 5.92 Å². The summed E-state index contributed by atoms with van der Waals surface area (Å²) in [6.07, 6.45) is 0.260. The number of rotatable bonds is 5. The second kappa shape index (κ2) is 7.19. The Morgan fingerprint density at radius 3 is 2.86 bits per heavy atom. The molecule has 1 aromatic rings. The lowest BCUT2D eigenvalue weighted by Crippen LogP contribution is -2.46. The van der Waals surface area contributed by atoms with Crippen LogP contribution in [0.1, 0.15) is 40.6 Å². The SMILES string of the molecule is Cc1nc(CC(C)C)c(C(=O)N2CCOC(CC(=O)O)C2)s1. The molecule has 7 heteroatoms. The summed E-state index contributed by atoms with van der Waals surface area (Å²) in [5.74, 6) is -0.536. The standard InChI is InChI=1S/C15H22N2O4S/c1-9(2)6-12-14(22-10(3)16-12)15(20)17-4-5-21-11(8-17)7-13(18)19/h9,11H,4-8H2,1-3H3,(H,18,19). The molecule has 1 aliphatic rings. The molecule has 2 heterocycles. The first kappa shape index (κ1) is 16.9. The summed E-state index contributed by atoms with van der Waals surface area (Å²) in [4.78, 5) is 30.4. The zero-order chi connectivity index (χ0) is 16.3. The third kappa shape index (κ3) is 4.27. The van der Waals surface area contributed by atoms with Crippen molar-refractivity contribution in [1.82, 2.24) is 9.88 Å². The maximum absolute atomic E-state index is 12.7. The van der Waals surface area contributed by atoms with E-state index in [9.17, 15) is 9.59 Å². The van der Waals surface area contributed by atoms with Crippen molar-refractivity contribution in [2.75, 3.05) is 19.7 Å². The molecule has 0 spiro atoms. The van der Waals surface area contributed by atoms with Gasteiger partial charge in [-0.05, 0) is 19.3 Å². The first-order chi connectivity index (χ1) is 10.4.